The summed E-state index contributed by atoms with van der Waals surface area (Å²) >= 11 is 0. The van der Waals surface area contributed by atoms with Crippen LogP contribution in [0.5, 0.6) is 0 Å². The van der Waals surface area contributed by atoms with Crippen molar-refractivity contribution in [3.8, 4) is 0 Å². The first-order chi connectivity index (χ1) is 6.47. The van der Waals surface area contributed by atoms with E-state index in [0.717, 1.165) is 0 Å². The average Bonchev–Trinajstić information content (AvgIpc) is 2.15. The SMILES string of the molecule is NCc1cc(CN)cc(S(=O)(=O)O)c1.[NaH]. The molecule has 0 bridgehead atoms. The first kappa shape index (κ1) is 15.0. The third-order valence-corrected chi connectivity index (χ3v) is 2.63. The predicted molar refractivity (Wildman–Crippen MR) is 59.2 cm³/mol. The minimum absolute atomic E-state index is 0. The summed E-state index contributed by atoms with van der Waals surface area (Å²) in [4.78, 5) is -0.166. The summed E-state index contributed by atoms with van der Waals surface area (Å²) in [6, 6.07) is 4.36. The fourth-order valence-corrected chi connectivity index (χ4v) is 1.71. The van der Waals surface area contributed by atoms with E-state index in [2.05, 4.69) is 0 Å². The van der Waals surface area contributed by atoms with Gasteiger partial charge in [-0.05, 0) is 23.3 Å². The van der Waals surface area contributed by atoms with Crippen molar-refractivity contribution in [2.75, 3.05) is 0 Å². The third-order valence-electron chi connectivity index (χ3n) is 1.80. The van der Waals surface area contributed by atoms with Crippen LogP contribution in [0.4, 0.5) is 0 Å². The Bertz CT molecular complexity index is 411. The molecular formula is C8H13N2NaO3S. The van der Waals surface area contributed by atoms with Gasteiger partial charge in [-0.2, -0.15) is 8.42 Å². The van der Waals surface area contributed by atoms with Gasteiger partial charge in [-0.15, -0.1) is 0 Å². The molecule has 0 saturated heterocycles. The monoisotopic (exact) mass is 240 g/mol. The van der Waals surface area contributed by atoms with Gasteiger partial charge in [0.1, 0.15) is 0 Å². The molecule has 0 aromatic heterocycles. The molecule has 0 heterocycles. The van der Waals surface area contributed by atoms with Gasteiger partial charge in [-0.1, -0.05) is 6.07 Å². The van der Waals surface area contributed by atoms with Crippen molar-refractivity contribution in [1.29, 1.82) is 0 Å². The van der Waals surface area contributed by atoms with Crippen molar-refractivity contribution in [2.45, 2.75) is 18.0 Å². The van der Waals surface area contributed by atoms with Gasteiger partial charge in [0.15, 0.2) is 0 Å². The maximum absolute atomic E-state index is 10.8. The molecule has 7 heteroatoms. The van der Waals surface area contributed by atoms with Crippen LogP contribution >= 0.6 is 0 Å². The van der Waals surface area contributed by atoms with Gasteiger partial charge in [0.2, 0.25) is 0 Å². The van der Waals surface area contributed by atoms with Crippen LogP contribution in [-0.4, -0.2) is 42.5 Å². The van der Waals surface area contributed by atoms with Gasteiger partial charge >= 0.3 is 29.6 Å². The molecule has 0 aliphatic rings. The van der Waals surface area contributed by atoms with E-state index in [-0.39, 0.29) is 47.5 Å². The van der Waals surface area contributed by atoms with Gasteiger partial charge in [0, 0.05) is 13.1 Å². The van der Waals surface area contributed by atoms with E-state index in [0.29, 0.717) is 11.1 Å². The Morgan fingerprint density at radius 3 is 1.73 bits per heavy atom. The Morgan fingerprint density at radius 1 is 1.07 bits per heavy atom. The molecule has 15 heavy (non-hydrogen) atoms. The molecule has 5 nitrogen and oxygen atoms in total. The third kappa shape index (κ3) is 4.20. The molecule has 0 aliphatic carbocycles. The maximum atomic E-state index is 10.8. The second kappa shape index (κ2) is 5.95. The van der Waals surface area contributed by atoms with Crippen molar-refractivity contribution < 1.29 is 13.0 Å². The van der Waals surface area contributed by atoms with Gasteiger partial charge < -0.3 is 11.5 Å². The normalized spacial score (nSPS) is 10.9. The molecule has 1 aromatic rings. The van der Waals surface area contributed by atoms with Crippen molar-refractivity contribution >= 4 is 39.7 Å². The molecular weight excluding hydrogens is 227 g/mol. The van der Waals surface area contributed by atoms with Crippen LogP contribution < -0.4 is 11.5 Å². The number of nitrogens with two attached hydrogens (primary N) is 2. The van der Waals surface area contributed by atoms with E-state index >= 15 is 0 Å². The molecule has 0 fully saturated rings. The van der Waals surface area contributed by atoms with Crippen molar-refractivity contribution in [1.82, 2.24) is 0 Å². The van der Waals surface area contributed by atoms with Crippen LogP contribution in [0.1, 0.15) is 11.1 Å². The fourth-order valence-electron chi connectivity index (χ4n) is 1.11. The van der Waals surface area contributed by atoms with Gasteiger partial charge in [0.25, 0.3) is 10.1 Å². The fraction of sp³-hybridized carbons (Fsp3) is 0.250. The molecule has 0 amide bonds. The predicted octanol–water partition coefficient (Wildman–Crippen LogP) is -0.798. The van der Waals surface area contributed by atoms with Gasteiger partial charge in [-0.3, -0.25) is 4.55 Å². The number of hydrogen-bond donors (Lipinski definition) is 3. The molecule has 0 saturated carbocycles. The summed E-state index contributed by atoms with van der Waals surface area (Å²) in [5.74, 6) is 0. The second-order valence-corrected chi connectivity index (χ2v) is 4.29. The zero-order chi connectivity index (χ0) is 10.8. The molecule has 0 spiro atoms. The Morgan fingerprint density at radius 2 is 1.47 bits per heavy atom. The number of rotatable bonds is 3. The molecule has 1 aromatic carbocycles. The number of benzene rings is 1. The summed E-state index contributed by atoms with van der Waals surface area (Å²) < 4.78 is 30.5. The van der Waals surface area contributed by atoms with E-state index < -0.39 is 10.1 Å². The van der Waals surface area contributed by atoms with Crippen LogP contribution in [0, 0.1) is 0 Å². The number of hydrogen-bond acceptors (Lipinski definition) is 4. The Kier molecular flexibility index (Phi) is 5.97. The van der Waals surface area contributed by atoms with Crippen molar-refractivity contribution in [3.05, 3.63) is 29.3 Å². The van der Waals surface area contributed by atoms with Crippen LogP contribution in [-0.2, 0) is 23.2 Å². The molecule has 0 aliphatic heterocycles. The minimum atomic E-state index is -4.18. The zero-order valence-electron chi connectivity index (χ0n) is 7.47. The molecule has 1 rings (SSSR count). The van der Waals surface area contributed by atoms with E-state index in [1.54, 1.807) is 6.07 Å². The average molecular weight is 240 g/mol. The van der Waals surface area contributed by atoms with E-state index in [1.165, 1.54) is 12.1 Å². The molecule has 0 radical (unpaired) electrons. The Labute approximate surface area is 111 Å². The standard InChI is InChI=1S/C8H12N2O3S.Na.H/c9-4-6-1-7(5-10)3-8(2-6)14(11,12)13;;/h1-3H,4-5,9-10H2,(H,11,12,13);;. The quantitative estimate of drug-likeness (QED) is 0.474. The Balaban J connectivity index is 0.00000196. The summed E-state index contributed by atoms with van der Waals surface area (Å²) in [5.41, 5.74) is 12.0. The summed E-state index contributed by atoms with van der Waals surface area (Å²) in [5, 5.41) is 0. The molecule has 0 atom stereocenters. The van der Waals surface area contributed by atoms with Crippen LogP contribution in [0.3, 0.4) is 0 Å². The topological polar surface area (TPSA) is 106 Å². The van der Waals surface area contributed by atoms with Crippen LogP contribution in [0.2, 0.25) is 0 Å². The summed E-state index contributed by atoms with van der Waals surface area (Å²) in [6.45, 7) is 0.409. The summed E-state index contributed by atoms with van der Waals surface area (Å²) in [7, 11) is -4.18. The molecule has 80 valence electrons. The Hall–Kier alpha value is 0.0500. The van der Waals surface area contributed by atoms with Gasteiger partial charge in [-0.25, -0.2) is 0 Å². The second-order valence-electron chi connectivity index (χ2n) is 2.87. The van der Waals surface area contributed by atoms with Gasteiger partial charge in [0.05, 0.1) is 4.90 Å². The first-order valence-corrected chi connectivity index (χ1v) is 5.42. The molecule has 5 N–H and O–H groups in total. The van der Waals surface area contributed by atoms with Crippen molar-refractivity contribution in [3.63, 3.8) is 0 Å². The summed E-state index contributed by atoms with van der Waals surface area (Å²) in [6.07, 6.45) is 0. The van der Waals surface area contributed by atoms with Crippen LogP contribution in [0.15, 0.2) is 23.1 Å². The van der Waals surface area contributed by atoms with Crippen molar-refractivity contribution in [2.24, 2.45) is 11.5 Å². The van der Waals surface area contributed by atoms with Crippen LogP contribution in [0.25, 0.3) is 0 Å². The first-order valence-electron chi connectivity index (χ1n) is 3.98. The van der Waals surface area contributed by atoms with E-state index in [1.807, 2.05) is 0 Å². The zero-order valence-corrected chi connectivity index (χ0v) is 8.29. The molecule has 0 unspecified atom stereocenters. The van der Waals surface area contributed by atoms with E-state index in [9.17, 15) is 8.42 Å². The van der Waals surface area contributed by atoms with E-state index in [4.69, 9.17) is 16.0 Å².